The molecule has 2 amide bonds. The molecule has 7 heteroatoms. The molecule has 0 unspecified atom stereocenters. The maximum Gasteiger partial charge on any atom is 0.344 e. The van der Waals surface area contributed by atoms with Gasteiger partial charge in [-0.2, -0.15) is 9.44 Å². The van der Waals surface area contributed by atoms with Gasteiger partial charge < -0.3 is 4.90 Å². The van der Waals surface area contributed by atoms with Crippen LogP contribution in [-0.4, -0.2) is 44.5 Å². The van der Waals surface area contributed by atoms with Gasteiger partial charge in [-0.25, -0.2) is 9.78 Å². The highest BCUT2D eigenvalue weighted by Gasteiger charge is 2.46. The van der Waals surface area contributed by atoms with Crippen molar-refractivity contribution in [1.29, 1.82) is 0 Å². The molecule has 2 saturated heterocycles. The average molecular weight is 282 g/mol. The van der Waals surface area contributed by atoms with Crippen molar-refractivity contribution in [3.63, 3.8) is 0 Å². The zero-order chi connectivity index (χ0) is 13.2. The molecule has 0 N–H and O–H groups in total. The molecule has 3 rings (SSSR count). The second-order valence-electron chi connectivity index (χ2n) is 4.97. The van der Waals surface area contributed by atoms with E-state index in [0.717, 1.165) is 37.2 Å². The van der Waals surface area contributed by atoms with Gasteiger partial charge in [0.2, 0.25) is 0 Å². The summed E-state index contributed by atoms with van der Waals surface area (Å²) in [4.78, 5) is 24.1. The van der Waals surface area contributed by atoms with Crippen LogP contribution in [0.3, 0.4) is 0 Å². The number of unbranched alkanes of at least 4 members (excludes halogenated alkanes) is 1. The van der Waals surface area contributed by atoms with Gasteiger partial charge in [-0.1, -0.05) is 13.3 Å². The van der Waals surface area contributed by atoms with Gasteiger partial charge in [0.25, 0.3) is 0 Å². The first kappa shape index (κ1) is 12.8. The fourth-order valence-electron chi connectivity index (χ4n) is 2.69. The van der Waals surface area contributed by atoms with Gasteiger partial charge in [-0.15, -0.1) is 0 Å². The third-order valence-corrected chi connectivity index (χ3v) is 4.48. The van der Waals surface area contributed by atoms with Crippen molar-refractivity contribution in [2.75, 3.05) is 13.2 Å². The van der Waals surface area contributed by atoms with E-state index in [1.54, 1.807) is 11.4 Å². The summed E-state index contributed by atoms with van der Waals surface area (Å²) >= 11 is 1.38. The number of urea groups is 1. The Bertz CT molecular complexity index is 439. The van der Waals surface area contributed by atoms with Crippen molar-refractivity contribution in [2.24, 2.45) is 0 Å². The minimum atomic E-state index is -0.0150. The van der Waals surface area contributed by atoms with Crippen LogP contribution in [0.5, 0.6) is 0 Å². The van der Waals surface area contributed by atoms with Crippen molar-refractivity contribution in [3.8, 4) is 0 Å². The van der Waals surface area contributed by atoms with Gasteiger partial charge >= 0.3 is 6.03 Å². The number of hydrogen-bond donors (Lipinski definition) is 0. The van der Waals surface area contributed by atoms with Gasteiger partial charge in [0.15, 0.2) is 0 Å². The minimum absolute atomic E-state index is 0.0150. The lowest BCUT2D eigenvalue weighted by atomic mass is 10.0. The van der Waals surface area contributed by atoms with E-state index in [1.165, 1.54) is 11.5 Å². The van der Waals surface area contributed by atoms with E-state index in [2.05, 4.69) is 16.3 Å². The first-order valence-corrected chi connectivity index (χ1v) is 7.58. The highest BCUT2D eigenvalue weighted by Crippen LogP contribution is 2.38. The Balaban J connectivity index is 1.69. The molecular formula is C12H18N4O2S. The van der Waals surface area contributed by atoms with Crippen LogP contribution in [0.15, 0.2) is 6.33 Å². The first-order valence-electron chi connectivity index (χ1n) is 6.80. The first-order chi connectivity index (χ1) is 9.31. The largest absolute Gasteiger partial charge is 0.344 e. The number of piperidine rings is 1. The summed E-state index contributed by atoms with van der Waals surface area (Å²) in [6.45, 7) is 3.48. The summed E-state index contributed by atoms with van der Waals surface area (Å²) in [6, 6.07) is 0.267. The number of nitrogens with zero attached hydrogens (tertiary/aromatic N) is 4. The fourth-order valence-corrected chi connectivity index (χ4v) is 3.35. The molecule has 0 saturated carbocycles. The van der Waals surface area contributed by atoms with E-state index in [1.807, 2.05) is 4.90 Å². The van der Waals surface area contributed by atoms with Crippen molar-refractivity contribution in [2.45, 2.75) is 44.7 Å². The molecule has 2 atom stereocenters. The van der Waals surface area contributed by atoms with Crippen LogP contribution >= 0.6 is 11.5 Å². The number of fused-ring (bicyclic) bond motifs is 2. The molecule has 2 aliphatic heterocycles. The van der Waals surface area contributed by atoms with E-state index in [4.69, 9.17) is 4.84 Å². The third-order valence-electron chi connectivity index (χ3n) is 3.71. The summed E-state index contributed by atoms with van der Waals surface area (Å²) in [7, 11) is 0. The highest BCUT2D eigenvalue weighted by atomic mass is 32.1. The maximum absolute atomic E-state index is 12.4. The zero-order valence-electron chi connectivity index (χ0n) is 11.0. The summed E-state index contributed by atoms with van der Waals surface area (Å²) in [6.07, 6.45) is 5.53. The number of amides is 2. The topological polar surface area (TPSA) is 58.6 Å². The number of hydroxylamine groups is 2. The Morgan fingerprint density at radius 1 is 1.53 bits per heavy atom. The van der Waals surface area contributed by atoms with Crippen LogP contribution in [0.2, 0.25) is 0 Å². The van der Waals surface area contributed by atoms with Crippen LogP contribution in [0, 0.1) is 0 Å². The van der Waals surface area contributed by atoms with Crippen LogP contribution < -0.4 is 0 Å². The van der Waals surface area contributed by atoms with Gasteiger partial charge in [0.1, 0.15) is 11.3 Å². The molecule has 0 aliphatic carbocycles. The lowest BCUT2D eigenvalue weighted by molar-refractivity contribution is -0.130. The molecular weight excluding hydrogens is 264 g/mol. The van der Waals surface area contributed by atoms with Crippen molar-refractivity contribution < 1.29 is 9.63 Å². The molecule has 1 aromatic heterocycles. The monoisotopic (exact) mass is 282 g/mol. The van der Waals surface area contributed by atoms with Gasteiger partial charge in [0.05, 0.1) is 18.7 Å². The lowest BCUT2D eigenvalue weighted by Gasteiger charge is -2.28. The predicted molar refractivity (Wildman–Crippen MR) is 70.5 cm³/mol. The molecule has 104 valence electrons. The molecule has 0 radical (unpaired) electrons. The Kier molecular flexibility index (Phi) is 3.65. The summed E-state index contributed by atoms with van der Waals surface area (Å²) < 4.78 is 4.03. The maximum atomic E-state index is 12.4. The Hall–Kier alpha value is -1.21. The van der Waals surface area contributed by atoms with E-state index >= 15 is 0 Å². The van der Waals surface area contributed by atoms with Gasteiger partial charge in [-0.05, 0) is 30.8 Å². The molecule has 2 fully saturated rings. The van der Waals surface area contributed by atoms with Crippen LogP contribution in [0.4, 0.5) is 4.79 Å². The lowest BCUT2D eigenvalue weighted by Crippen LogP contribution is -2.34. The highest BCUT2D eigenvalue weighted by molar-refractivity contribution is 7.05. The minimum Gasteiger partial charge on any atom is -0.311 e. The van der Waals surface area contributed by atoms with E-state index in [-0.39, 0.29) is 18.1 Å². The molecule has 6 nitrogen and oxygen atoms in total. The summed E-state index contributed by atoms with van der Waals surface area (Å²) in [5.74, 6) is 0. The van der Waals surface area contributed by atoms with E-state index < -0.39 is 0 Å². The fraction of sp³-hybridized carbons (Fsp3) is 0.750. The second kappa shape index (κ2) is 5.42. The van der Waals surface area contributed by atoms with Gasteiger partial charge in [-0.3, -0.25) is 4.84 Å². The second-order valence-corrected chi connectivity index (χ2v) is 5.79. The average Bonchev–Trinajstić information content (AvgIpc) is 3.03. The molecule has 3 heterocycles. The van der Waals surface area contributed by atoms with Crippen LogP contribution in [-0.2, 0) is 4.84 Å². The number of rotatable bonds is 5. The molecule has 1 aromatic rings. The summed E-state index contributed by atoms with van der Waals surface area (Å²) in [5.41, 5.74) is 0. The normalized spacial score (nSPS) is 26.3. The number of carbonyl (C=O) groups excluding carboxylic acids is 1. The number of carbonyl (C=O) groups is 1. The van der Waals surface area contributed by atoms with Crippen molar-refractivity contribution in [3.05, 3.63) is 11.3 Å². The Labute approximate surface area is 116 Å². The van der Waals surface area contributed by atoms with E-state index in [0.29, 0.717) is 6.61 Å². The van der Waals surface area contributed by atoms with Gasteiger partial charge in [0, 0.05) is 6.54 Å². The molecule has 2 bridgehead atoms. The third kappa shape index (κ3) is 2.32. The summed E-state index contributed by atoms with van der Waals surface area (Å²) in [5, 5.41) is 2.51. The van der Waals surface area contributed by atoms with Crippen LogP contribution in [0.1, 0.15) is 43.7 Å². The number of aromatic nitrogens is 2. The predicted octanol–water partition coefficient (Wildman–Crippen LogP) is 2.21. The SMILES string of the molecule is CCCCON1C(=O)N2C[C@@H]1CC[C@H]2c1ncns1. The van der Waals surface area contributed by atoms with Crippen LogP contribution in [0.25, 0.3) is 0 Å². The van der Waals surface area contributed by atoms with E-state index in [9.17, 15) is 4.79 Å². The van der Waals surface area contributed by atoms with Crippen molar-refractivity contribution in [1.82, 2.24) is 19.3 Å². The Morgan fingerprint density at radius 3 is 3.16 bits per heavy atom. The number of hydrogen-bond acceptors (Lipinski definition) is 5. The Morgan fingerprint density at radius 2 is 2.42 bits per heavy atom. The molecule has 0 aromatic carbocycles. The molecule has 19 heavy (non-hydrogen) atoms. The zero-order valence-corrected chi connectivity index (χ0v) is 11.8. The molecule has 0 spiro atoms. The van der Waals surface area contributed by atoms with Crippen molar-refractivity contribution >= 4 is 17.6 Å². The molecule has 2 aliphatic rings. The standard InChI is InChI=1S/C12H18N4O2S/c1-2-3-6-18-16-9-4-5-10(11-13-8-14-19-11)15(7-9)12(16)17/h8-10H,2-7H2,1H3/t9-,10-/m0/s1. The quantitative estimate of drug-likeness (QED) is 0.777. The smallest absolute Gasteiger partial charge is 0.311 e.